The summed E-state index contributed by atoms with van der Waals surface area (Å²) < 4.78 is 56.0. The zero-order valence-corrected chi connectivity index (χ0v) is 21.3. The van der Waals surface area contributed by atoms with Gasteiger partial charge in [0.2, 0.25) is 5.91 Å². The molecule has 5 rings (SSSR count). The van der Waals surface area contributed by atoms with Crippen molar-refractivity contribution in [2.24, 2.45) is 0 Å². The van der Waals surface area contributed by atoms with E-state index in [-0.39, 0.29) is 55.8 Å². The predicted molar refractivity (Wildman–Crippen MR) is 134 cm³/mol. The summed E-state index contributed by atoms with van der Waals surface area (Å²) in [5.41, 5.74) is 0.529. The van der Waals surface area contributed by atoms with Crippen LogP contribution >= 0.6 is 7.37 Å². The van der Waals surface area contributed by atoms with Gasteiger partial charge in [-0.3, -0.25) is 14.3 Å². The average molecular weight is 546 g/mol. The Bertz CT molecular complexity index is 1350. The molecule has 2 fully saturated rings. The molecule has 11 nitrogen and oxygen atoms in total. The minimum atomic E-state index is -3.07. The minimum absolute atomic E-state index is 0.0134. The highest BCUT2D eigenvalue weighted by atomic mass is 31.2. The first kappa shape index (κ1) is 25.7. The Morgan fingerprint density at radius 2 is 1.84 bits per heavy atom. The first-order chi connectivity index (χ1) is 18.2. The molecule has 3 heterocycles. The number of nitrogens with zero attached hydrogens (tertiary/aromatic N) is 5. The van der Waals surface area contributed by atoms with Gasteiger partial charge in [-0.05, 0) is 24.3 Å². The van der Waals surface area contributed by atoms with E-state index >= 15 is 8.78 Å². The van der Waals surface area contributed by atoms with E-state index in [2.05, 4.69) is 15.4 Å². The summed E-state index contributed by atoms with van der Waals surface area (Å²) in [5, 5.41) is 6.60. The van der Waals surface area contributed by atoms with Crippen LogP contribution in [-0.2, 0) is 14.1 Å². The molecule has 0 saturated carbocycles. The fourth-order valence-electron chi connectivity index (χ4n) is 4.38. The number of rotatable bonds is 7. The van der Waals surface area contributed by atoms with Gasteiger partial charge in [-0.2, -0.15) is 5.10 Å². The Balaban J connectivity index is 1.22. The molecule has 3 aromatic rings. The number of anilines is 2. The molecule has 2 aliphatic rings. The molecule has 0 unspecified atom stereocenters. The van der Waals surface area contributed by atoms with Crippen molar-refractivity contribution in [1.29, 1.82) is 0 Å². The largest absolute Gasteiger partial charge is 0.443 e. The smallest absolute Gasteiger partial charge is 0.414 e. The van der Waals surface area contributed by atoms with Crippen molar-refractivity contribution in [3.63, 3.8) is 0 Å². The molecule has 0 bridgehead atoms. The van der Waals surface area contributed by atoms with E-state index in [4.69, 9.17) is 9.26 Å². The lowest BCUT2D eigenvalue weighted by atomic mass is 10.2. The van der Waals surface area contributed by atoms with Crippen LogP contribution in [0.5, 0.6) is 5.75 Å². The molecule has 0 aliphatic carbocycles. The normalized spacial score (nSPS) is 18.8. The van der Waals surface area contributed by atoms with Crippen LogP contribution in [0.4, 0.5) is 25.0 Å². The molecule has 2 amide bonds. The van der Waals surface area contributed by atoms with Crippen LogP contribution in [0.2, 0.25) is 0 Å². The Hall–Kier alpha value is -3.99. The van der Waals surface area contributed by atoms with Crippen molar-refractivity contribution in [1.82, 2.24) is 20.1 Å². The SMILES string of the molecule is CC(=O)NC[C@H]1CN(c2cc(F)c(N3CCP(=O)(Oc4ccc(-n5cncn5)cc4)CC3)c(F)c2)C(=O)O1. The second-order valence-electron chi connectivity index (χ2n) is 8.99. The van der Waals surface area contributed by atoms with E-state index in [0.717, 1.165) is 22.7 Å². The van der Waals surface area contributed by atoms with E-state index in [1.54, 1.807) is 35.3 Å². The summed E-state index contributed by atoms with van der Waals surface area (Å²) in [7, 11) is -3.07. The number of hydrogen-bond acceptors (Lipinski definition) is 8. The third-order valence-electron chi connectivity index (χ3n) is 6.30. The van der Waals surface area contributed by atoms with Crippen molar-refractivity contribution in [2.75, 3.05) is 48.3 Å². The number of carbonyl (C=O) groups excluding carboxylic acids is 2. The molecule has 1 N–H and O–H groups in total. The first-order valence-corrected chi connectivity index (χ1v) is 13.9. The van der Waals surface area contributed by atoms with E-state index in [1.807, 2.05) is 0 Å². The number of cyclic esters (lactones) is 1. The summed E-state index contributed by atoms with van der Waals surface area (Å²) in [5.74, 6) is -1.54. The lowest BCUT2D eigenvalue weighted by molar-refractivity contribution is -0.119. The monoisotopic (exact) mass is 546 g/mol. The topological polar surface area (TPSA) is 119 Å². The number of carbonyl (C=O) groups is 2. The van der Waals surface area contributed by atoms with Gasteiger partial charge < -0.3 is 19.5 Å². The van der Waals surface area contributed by atoms with Crippen molar-refractivity contribution in [3.8, 4) is 11.4 Å². The number of halogens is 2. The number of ether oxygens (including phenoxy) is 1. The molecule has 200 valence electrons. The maximum absolute atomic E-state index is 15.1. The molecule has 14 heteroatoms. The quantitative estimate of drug-likeness (QED) is 0.449. The minimum Gasteiger partial charge on any atom is -0.443 e. The first-order valence-electron chi connectivity index (χ1n) is 11.9. The summed E-state index contributed by atoms with van der Waals surface area (Å²) in [6, 6.07) is 9.04. The van der Waals surface area contributed by atoms with Gasteiger partial charge in [0.15, 0.2) is 11.6 Å². The molecule has 0 spiro atoms. The number of aromatic nitrogens is 3. The van der Waals surface area contributed by atoms with Crippen LogP contribution in [-0.4, -0.2) is 71.4 Å². The van der Waals surface area contributed by atoms with Gasteiger partial charge in [-0.1, -0.05) is 0 Å². The fourth-order valence-corrected chi connectivity index (χ4v) is 6.39. The molecule has 2 aromatic carbocycles. The summed E-state index contributed by atoms with van der Waals surface area (Å²) in [6.07, 6.45) is 1.82. The van der Waals surface area contributed by atoms with Crippen LogP contribution in [0, 0.1) is 11.6 Å². The summed E-state index contributed by atoms with van der Waals surface area (Å²) in [6.45, 7) is 1.74. The van der Waals surface area contributed by atoms with Crippen molar-refractivity contribution in [3.05, 3.63) is 60.7 Å². The van der Waals surface area contributed by atoms with Crippen LogP contribution in [0.1, 0.15) is 6.92 Å². The second kappa shape index (κ2) is 10.4. The maximum Gasteiger partial charge on any atom is 0.414 e. The van der Waals surface area contributed by atoms with Gasteiger partial charge in [-0.25, -0.2) is 23.2 Å². The Kier molecular flexibility index (Phi) is 7.02. The Morgan fingerprint density at radius 3 is 2.45 bits per heavy atom. The van der Waals surface area contributed by atoms with Crippen LogP contribution in [0.3, 0.4) is 0 Å². The highest BCUT2D eigenvalue weighted by molar-refractivity contribution is 7.59. The third-order valence-corrected chi connectivity index (χ3v) is 8.60. The zero-order chi connectivity index (χ0) is 26.9. The summed E-state index contributed by atoms with van der Waals surface area (Å²) >= 11 is 0. The molecular weight excluding hydrogens is 521 g/mol. The van der Waals surface area contributed by atoms with Crippen LogP contribution in [0.25, 0.3) is 5.69 Å². The Labute approximate surface area is 216 Å². The van der Waals surface area contributed by atoms with Crippen LogP contribution < -0.4 is 19.6 Å². The van der Waals surface area contributed by atoms with Gasteiger partial charge in [0, 0.05) is 32.1 Å². The lowest BCUT2D eigenvalue weighted by Crippen LogP contribution is -2.37. The van der Waals surface area contributed by atoms with Gasteiger partial charge in [0.1, 0.15) is 30.2 Å². The highest BCUT2D eigenvalue weighted by Crippen LogP contribution is 2.49. The number of benzene rings is 2. The summed E-state index contributed by atoms with van der Waals surface area (Å²) in [4.78, 5) is 29.8. The van der Waals surface area contributed by atoms with Crippen molar-refractivity contribution < 1.29 is 32.2 Å². The Morgan fingerprint density at radius 1 is 1.16 bits per heavy atom. The zero-order valence-electron chi connectivity index (χ0n) is 20.4. The number of nitrogens with one attached hydrogen (secondary N) is 1. The number of amides is 2. The standard InChI is InChI=1S/C24H25F2N6O5P/c1-16(33)28-12-20-13-31(24(34)36-20)18-10-21(25)23(22(26)11-18)30-6-8-38(35,9-7-30)37-19-4-2-17(3-5-19)32-15-27-14-29-32/h2-5,10-11,14-15,20H,6-9,12-13H2,1H3,(H,28,33)/t20-/m0/s1. The third kappa shape index (κ3) is 5.47. The molecule has 1 aromatic heterocycles. The maximum atomic E-state index is 15.1. The van der Waals surface area contributed by atoms with Gasteiger partial charge in [0.05, 0.1) is 36.8 Å². The van der Waals surface area contributed by atoms with Crippen LogP contribution in [0.15, 0.2) is 49.1 Å². The molecule has 0 radical (unpaired) electrons. The molecule has 1 atom stereocenters. The van der Waals surface area contributed by atoms with E-state index in [1.165, 1.54) is 18.2 Å². The molecule has 2 aliphatic heterocycles. The van der Waals surface area contributed by atoms with E-state index in [9.17, 15) is 14.2 Å². The fraction of sp³-hybridized carbons (Fsp3) is 0.333. The van der Waals surface area contributed by atoms with Crippen molar-refractivity contribution >= 4 is 30.7 Å². The second-order valence-corrected chi connectivity index (χ2v) is 11.7. The average Bonchev–Trinajstić information content (AvgIpc) is 3.54. The van der Waals surface area contributed by atoms with Gasteiger partial charge in [-0.15, -0.1) is 0 Å². The molecule has 38 heavy (non-hydrogen) atoms. The highest BCUT2D eigenvalue weighted by Gasteiger charge is 2.36. The number of hydrogen-bond donors (Lipinski definition) is 1. The van der Waals surface area contributed by atoms with E-state index in [0.29, 0.717) is 5.75 Å². The van der Waals surface area contributed by atoms with Crippen molar-refractivity contribution in [2.45, 2.75) is 13.0 Å². The molecular formula is C24H25F2N6O5P. The predicted octanol–water partition coefficient (Wildman–Crippen LogP) is 3.18. The van der Waals surface area contributed by atoms with E-state index < -0.39 is 31.2 Å². The van der Waals surface area contributed by atoms with Gasteiger partial charge in [0.25, 0.3) is 7.37 Å². The van der Waals surface area contributed by atoms with Gasteiger partial charge >= 0.3 is 6.09 Å². The molecule has 2 saturated heterocycles. The lowest BCUT2D eigenvalue weighted by Gasteiger charge is -2.34.